The Morgan fingerprint density at radius 1 is 1.25 bits per heavy atom. The smallest absolute Gasteiger partial charge is 0.152 e. The normalized spacial score (nSPS) is 18.4. The first-order valence-electron chi connectivity index (χ1n) is 7.84. The lowest BCUT2D eigenvalue weighted by Crippen LogP contribution is -2.24. The summed E-state index contributed by atoms with van der Waals surface area (Å²) in [5.41, 5.74) is 2.02. The van der Waals surface area contributed by atoms with E-state index in [0.717, 1.165) is 23.9 Å². The van der Waals surface area contributed by atoms with Gasteiger partial charge in [-0.25, -0.2) is 4.68 Å². The Kier molecular flexibility index (Phi) is 4.31. The number of hydrogen-bond donors (Lipinski definition) is 0. The summed E-state index contributed by atoms with van der Waals surface area (Å²) in [5.74, 6) is 0. The second-order valence-electron chi connectivity index (χ2n) is 5.66. The minimum Gasteiger partial charge on any atom is -0.353 e. The molecule has 1 aromatic heterocycles. The molecule has 2 aromatic rings. The highest BCUT2D eigenvalue weighted by Gasteiger charge is 2.22. The Morgan fingerprint density at radius 3 is 2.85 bits per heavy atom. The predicted molar refractivity (Wildman–Crippen MR) is 79.4 cm³/mol. The molecule has 4 heteroatoms. The molecule has 0 radical (unpaired) electrons. The predicted octanol–water partition coefficient (Wildman–Crippen LogP) is 4.08. The monoisotopic (exact) mass is 273 g/mol. The van der Waals surface area contributed by atoms with Gasteiger partial charge in [0.1, 0.15) is 5.52 Å². The third-order valence-electron chi connectivity index (χ3n) is 4.09. The lowest BCUT2D eigenvalue weighted by Gasteiger charge is -2.27. The number of fused-ring (bicyclic) bond motifs is 1. The Balaban J connectivity index is 1.81. The van der Waals surface area contributed by atoms with Gasteiger partial charge in [-0.05, 0) is 31.4 Å². The van der Waals surface area contributed by atoms with Crippen molar-refractivity contribution in [2.24, 2.45) is 0 Å². The topological polar surface area (TPSA) is 39.9 Å². The van der Waals surface area contributed by atoms with E-state index in [1.807, 2.05) is 22.9 Å². The van der Waals surface area contributed by atoms with E-state index in [1.165, 1.54) is 32.1 Å². The molecular formula is C16H23N3O. The number of hydrogen-bond acceptors (Lipinski definition) is 3. The molecule has 0 saturated heterocycles. The standard InChI is InChI=1S/C16H23N3O/c1-2-8-16(20-13-9-4-3-5-10-13)19-15-12-7-6-11-14(15)17-18-19/h6-7,11-13,16H,2-5,8-10H2,1H3. The van der Waals surface area contributed by atoms with Crippen LogP contribution in [-0.4, -0.2) is 21.1 Å². The van der Waals surface area contributed by atoms with Gasteiger partial charge in [0.2, 0.25) is 0 Å². The van der Waals surface area contributed by atoms with Crippen molar-refractivity contribution in [3.8, 4) is 0 Å². The number of rotatable bonds is 5. The number of ether oxygens (including phenoxy) is 1. The SMILES string of the molecule is CCCC(OC1CCCCC1)n1nnc2ccccc21. The lowest BCUT2D eigenvalue weighted by molar-refractivity contribution is -0.0766. The van der Waals surface area contributed by atoms with E-state index >= 15 is 0 Å². The third kappa shape index (κ3) is 2.85. The van der Waals surface area contributed by atoms with E-state index in [-0.39, 0.29) is 6.23 Å². The van der Waals surface area contributed by atoms with Crippen molar-refractivity contribution in [3.05, 3.63) is 24.3 Å². The molecule has 20 heavy (non-hydrogen) atoms. The molecule has 0 amide bonds. The molecule has 1 heterocycles. The molecule has 108 valence electrons. The molecule has 1 unspecified atom stereocenters. The van der Waals surface area contributed by atoms with E-state index in [2.05, 4.69) is 23.3 Å². The molecule has 0 N–H and O–H groups in total. The highest BCUT2D eigenvalue weighted by atomic mass is 16.5. The Labute approximate surface area is 120 Å². The maximum atomic E-state index is 6.34. The van der Waals surface area contributed by atoms with Gasteiger partial charge in [0.15, 0.2) is 6.23 Å². The van der Waals surface area contributed by atoms with E-state index in [9.17, 15) is 0 Å². The summed E-state index contributed by atoms with van der Waals surface area (Å²) in [6.45, 7) is 2.19. The van der Waals surface area contributed by atoms with Crippen LogP contribution in [0, 0.1) is 0 Å². The van der Waals surface area contributed by atoms with E-state index in [1.54, 1.807) is 0 Å². The van der Waals surface area contributed by atoms with Crippen LogP contribution in [0.25, 0.3) is 11.0 Å². The first-order valence-corrected chi connectivity index (χ1v) is 7.84. The van der Waals surface area contributed by atoms with Gasteiger partial charge in [-0.2, -0.15) is 0 Å². The van der Waals surface area contributed by atoms with Crippen LogP contribution in [0.3, 0.4) is 0 Å². The second kappa shape index (κ2) is 6.35. The van der Waals surface area contributed by atoms with Gasteiger partial charge in [-0.3, -0.25) is 0 Å². The van der Waals surface area contributed by atoms with E-state index in [4.69, 9.17) is 4.74 Å². The van der Waals surface area contributed by atoms with Crippen molar-refractivity contribution in [2.75, 3.05) is 0 Å². The molecule has 3 rings (SSSR count). The number of benzene rings is 1. The molecule has 1 aromatic carbocycles. The summed E-state index contributed by atoms with van der Waals surface area (Å²) in [5, 5.41) is 8.57. The molecule has 0 spiro atoms. The Bertz CT molecular complexity index is 545. The quantitative estimate of drug-likeness (QED) is 0.824. The van der Waals surface area contributed by atoms with Gasteiger partial charge in [0, 0.05) is 0 Å². The van der Waals surface area contributed by atoms with Crippen molar-refractivity contribution >= 4 is 11.0 Å². The number of para-hydroxylation sites is 1. The zero-order chi connectivity index (χ0) is 13.8. The fourth-order valence-electron chi connectivity index (χ4n) is 3.02. The Hall–Kier alpha value is -1.42. The van der Waals surface area contributed by atoms with Gasteiger partial charge in [0.25, 0.3) is 0 Å². The van der Waals surface area contributed by atoms with Gasteiger partial charge >= 0.3 is 0 Å². The first kappa shape index (κ1) is 13.6. The average molecular weight is 273 g/mol. The molecule has 1 aliphatic rings. The van der Waals surface area contributed by atoms with Crippen molar-refractivity contribution < 1.29 is 4.74 Å². The molecule has 0 bridgehead atoms. The molecule has 0 aliphatic heterocycles. The van der Waals surface area contributed by atoms with Crippen LogP contribution in [-0.2, 0) is 4.74 Å². The summed E-state index contributed by atoms with van der Waals surface area (Å²) in [7, 11) is 0. The van der Waals surface area contributed by atoms with Gasteiger partial charge in [-0.15, -0.1) is 5.10 Å². The minimum atomic E-state index is 0.0236. The largest absolute Gasteiger partial charge is 0.353 e. The van der Waals surface area contributed by atoms with Crippen LogP contribution in [0.5, 0.6) is 0 Å². The molecular weight excluding hydrogens is 250 g/mol. The molecule has 1 fully saturated rings. The minimum absolute atomic E-state index is 0.0236. The van der Waals surface area contributed by atoms with E-state index < -0.39 is 0 Å². The number of nitrogens with zero attached hydrogens (tertiary/aromatic N) is 3. The van der Waals surface area contributed by atoms with Crippen LogP contribution in [0.1, 0.15) is 58.1 Å². The van der Waals surface area contributed by atoms with Crippen molar-refractivity contribution in [1.82, 2.24) is 15.0 Å². The van der Waals surface area contributed by atoms with Crippen LogP contribution in [0.2, 0.25) is 0 Å². The zero-order valence-corrected chi connectivity index (χ0v) is 12.2. The summed E-state index contributed by atoms with van der Waals surface area (Å²) in [4.78, 5) is 0. The zero-order valence-electron chi connectivity index (χ0n) is 12.2. The summed E-state index contributed by atoms with van der Waals surface area (Å²) in [6.07, 6.45) is 8.81. The van der Waals surface area contributed by atoms with Crippen LogP contribution in [0.4, 0.5) is 0 Å². The fraction of sp³-hybridized carbons (Fsp3) is 0.625. The highest BCUT2D eigenvalue weighted by molar-refractivity contribution is 5.73. The van der Waals surface area contributed by atoms with Gasteiger partial charge in [0.05, 0.1) is 11.6 Å². The van der Waals surface area contributed by atoms with Crippen LogP contribution < -0.4 is 0 Å². The van der Waals surface area contributed by atoms with Crippen LogP contribution >= 0.6 is 0 Å². The molecule has 1 atom stereocenters. The van der Waals surface area contributed by atoms with Crippen molar-refractivity contribution in [3.63, 3.8) is 0 Å². The van der Waals surface area contributed by atoms with Gasteiger partial charge in [-0.1, -0.05) is 50.0 Å². The highest BCUT2D eigenvalue weighted by Crippen LogP contribution is 2.27. The second-order valence-corrected chi connectivity index (χ2v) is 5.66. The van der Waals surface area contributed by atoms with Crippen molar-refractivity contribution in [2.45, 2.75) is 64.2 Å². The maximum Gasteiger partial charge on any atom is 0.152 e. The molecule has 1 aliphatic carbocycles. The fourth-order valence-corrected chi connectivity index (χ4v) is 3.02. The summed E-state index contributed by atoms with van der Waals surface area (Å²) in [6, 6.07) is 8.11. The van der Waals surface area contributed by atoms with E-state index in [0.29, 0.717) is 6.10 Å². The summed E-state index contributed by atoms with van der Waals surface area (Å²) < 4.78 is 8.31. The average Bonchev–Trinajstić information content (AvgIpc) is 2.92. The molecule has 4 nitrogen and oxygen atoms in total. The Morgan fingerprint density at radius 2 is 2.05 bits per heavy atom. The maximum absolute atomic E-state index is 6.34. The summed E-state index contributed by atoms with van der Waals surface area (Å²) >= 11 is 0. The third-order valence-corrected chi connectivity index (χ3v) is 4.09. The van der Waals surface area contributed by atoms with Gasteiger partial charge < -0.3 is 4.74 Å². The van der Waals surface area contributed by atoms with Crippen molar-refractivity contribution in [1.29, 1.82) is 0 Å². The first-order chi connectivity index (χ1) is 9.88. The number of aromatic nitrogens is 3. The lowest BCUT2D eigenvalue weighted by atomic mass is 9.98. The molecule has 1 saturated carbocycles. The van der Waals surface area contributed by atoms with Crippen LogP contribution in [0.15, 0.2) is 24.3 Å².